The fourth-order valence-corrected chi connectivity index (χ4v) is 2.63. The fraction of sp³-hybridized carbons (Fsp3) is 0.368. The topological polar surface area (TPSA) is 61.7 Å². The first-order valence-corrected chi connectivity index (χ1v) is 8.70. The number of guanidine groups is 1. The van der Waals surface area contributed by atoms with Crippen LogP contribution in [-0.2, 0) is 19.8 Å². The lowest BCUT2D eigenvalue weighted by Gasteiger charge is -2.22. The molecule has 0 aliphatic rings. The highest BCUT2D eigenvalue weighted by Gasteiger charge is 2.30. The maximum Gasteiger partial charge on any atom is 0.416 e. The smallest absolute Gasteiger partial charge is 0.354 e. The van der Waals surface area contributed by atoms with Gasteiger partial charge in [0.15, 0.2) is 5.96 Å². The second-order valence-corrected chi connectivity index (χ2v) is 6.27. The van der Waals surface area contributed by atoms with E-state index in [1.807, 2.05) is 41.9 Å². The van der Waals surface area contributed by atoms with Crippen LogP contribution in [0.5, 0.6) is 0 Å². The molecule has 0 saturated heterocycles. The fourth-order valence-electron chi connectivity index (χ4n) is 2.63. The molecule has 29 heavy (non-hydrogen) atoms. The number of aryl methyl sites for hydroxylation is 1. The first-order valence-electron chi connectivity index (χ1n) is 8.70. The van der Waals surface area contributed by atoms with E-state index >= 15 is 0 Å². The Morgan fingerprint density at radius 3 is 2.28 bits per heavy atom. The summed E-state index contributed by atoms with van der Waals surface area (Å²) in [5.41, 5.74) is 0.523. The van der Waals surface area contributed by atoms with Gasteiger partial charge in [0.25, 0.3) is 5.91 Å². The number of nitrogens with one attached hydrogen (secondary N) is 2. The largest absolute Gasteiger partial charge is 0.416 e. The quantitative estimate of drug-likeness (QED) is 0.265. The first-order chi connectivity index (χ1) is 13.2. The highest BCUT2D eigenvalue weighted by molar-refractivity contribution is 14.0. The zero-order valence-electron chi connectivity index (χ0n) is 16.5. The van der Waals surface area contributed by atoms with Gasteiger partial charge in [-0.3, -0.25) is 9.79 Å². The molecule has 0 fully saturated rings. The Morgan fingerprint density at radius 1 is 1.14 bits per heavy atom. The van der Waals surface area contributed by atoms with E-state index in [-0.39, 0.29) is 29.5 Å². The van der Waals surface area contributed by atoms with Crippen LogP contribution in [-0.4, -0.2) is 48.5 Å². The Bertz CT molecular complexity index is 818. The van der Waals surface area contributed by atoms with E-state index in [2.05, 4.69) is 15.6 Å². The number of aromatic nitrogens is 1. The van der Waals surface area contributed by atoms with Crippen molar-refractivity contribution >= 4 is 35.8 Å². The molecular formula is C19H25F3IN5O. The van der Waals surface area contributed by atoms with Gasteiger partial charge in [-0.15, -0.1) is 24.0 Å². The molecule has 0 aliphatic carbocycles. The summed E-state index contributed by atoms with van der Waals surface area (Å²) in [4.78, 5) is 18.2. The van der Waals surface area contributed by atoms with E-state index in [0.29, 0.717) is 25.6 Å². The second kappa shape index (κ2) is 11.1. The molecule has 160 valence electrons. The number of benzene rings is 1. The van der Waals surface area contributed by atoms with Gasteiger partial charge in [0, 0.05) is 51.7 Å². The van der Waals surface area contributed by atoms with Gasteiger partial charge in [-0.05, 0) is 36.4 Å². The van der Waals surface area contributed by atoms with Crippen molar-refractivity contribution < 1.29 is 18.0 Å². The van der Waals surface area contributed by atoms with E-state index in [4.69, 9.17) is 0 Å². The van der Waals surface area contributed by atoms with Crippen molar-refractivity contribution in [2.24, 2.45) is 12.0 Å². The third kappa shape index (κ3) is 7.26. The normalized spacial score (nSPS) is 11.6. The number of halogens is 4. The number of hydrogen-bond donors (Lipinski definition) is 2. The summed E-state index contributed by atoms with van der Waals surface area (Å²) < 4.78 is 39.7. The molecule has 2 aromatic rings. The predicted molar refractivity (Wildman–Crippen MR) is 117 cm³/mol. The lowest BCUT2D eigenvalue weighted by atomic mass is 10.1. The molecule has 1 amide bonds. The number of aliphatic imine (C=N–C) groups is 1. The van der Waals surface area contributed by atoms with Crippen LogP contribution in [0.3, 0.4) is 0 Å². The number of rotatable bonds is 6. The van der Waals surface area contributed by atoms with Crippen LogP contribution in [0, 0.1) is 0 Å². The summed E-state index contributed by atoms with van der Waals surface area (Å²) in [6.07, 6.45) is -2.45. The molecule has 0 spiro atoms. The van der Waals surface area contributed by atoms with Crippen LogP contribution in [0.15, 0.2) is 47.6 Å². The van der Waals surface area contributed by atoms with E-state index in [1.54, 1.807) is 7.05 Å². The molecule has 0 unspecified atom stereocenters. The molecule has 1 aromatic carbocycles. The van der Waals surface area contributed by atoms with Crippen molar-refractivity contribution in [3.05, 3.63) is 59.4 Å². The Balaban J connectivity index is 0.00000420. The summed E-state index contributed by atoms with van der Waals surface area (Å²) >= 11 is 0. The monoisotopic (exact) mass is 523 g/mol. The molecule has 10 heteroatoms. The lowest BCUT2D eigenvalue weighted by Crippen LogP contribution is -2.42. The van der Waals surface area contributed by atoms with Gasteiger partial charge in [0.05, 0.1) is 12.1 Å². The standard InChI is InChI=1S/C19H24F3N5O.HI/c1-23-18(27(3)13-16-5-4-12-26(16)2)25-11-10-24-17(28)14-6-8-15(9-7-14)19(20,21)22;/h4-9,12H,10-11,13H2,1-3H3,(H,23,25)(H,24,28);1H. The van der Waals surface area contributed by atoms with Gasteiger partial charge < -0.3 is 20.1 Å². The van der Waals surface area contributed by atoms with E-state index in [1.165, 1.54) is 0 Å². The van der Waals surface area contributed by atoms with Crippen LogP contribution in [0.1, 0.15) is 21.6 Å². The van der Waals surface area contributed by atoms with Crippen LogP contribution in [0.25, 0.3) is 0 Å². The van der Waals surface area contributed by atoms with Crippen molar-refractivity contribution in [2.75, 3.05) is 27.2 Å². The zero-order valence-corrected chi connectivity index (χ0v) is 18.8. The molecule has 6 nitrogen and oxygen atoms in total. The van der Waals surface area contributed by atoms with Crippen molar-refractivity contribution in [1.82, 2.24) is 20.1 Å². The minimum Gasteiger partial charge on any atom is -0.354 e. The van der Waals surface area contributed by atoms with Crippen LogP contribution < -0.4 is 10.6 Å². The van der Waals surface area contributed by atoms with E-state index in [0.717, 1.165) is 30.0 Å². The highest BCUT2D eigenvalue weighted by atomic mass is 127. The SMILES string of the molecule is CN=C(NCCNC(=O)c1ccc(C(F)(F)F)cc1)N(C)Cc1cccn1C.I. The van der Waals surface area contributed by atoms with E-state index in [9.17, 15) is 18.0 Å². The summed E-state index contributed by atoms with van der Waals surface area (Å²) in [5, 5.41) is 5.81. The molecule has 0 bridgehead atoms. The predicted octanol–water partition coefficient (Wildman–Crippen LogP) is 3.10. The Morgan fingerprint density at radius 2 is 1.76 bits per heavy atom. The summed E-state index contributed by atoms with van der Waals surface area (Å²) in [5.74, 6) is 0.243. The molecule has 0 atom stereocenters. The maximum absolute atomic E-state index is 12.6. The molecule has 1 heterocycles. The minimum atomic E-state index is -4.42. The summed E-state index contributed by atoms with van der Waals surface area (Å²) in [6, 6.07) is 8.11. The number of amides is 1. The van der Waals surface area contributed by atoms with Crippen molar-refractivity contribution in [3.63, 3.8) is 0 Å². The zero-order chi connectivity index (χ0) is 20.7. The van der Waals surface area contributed by atoms with Gasteiger partial charge >= 0.3 is 6.18 Å². The number of hydrogen-bond acceptors (Lipinski definition) is 2. The van der Waals surface area contributed by atoms with Crippen LogP contribution in [0.4, 0.5) is 13.2 Å². The molecule has 0 saturated carbocycles. The molecule has 1 aromatic heterocycles. The number of carbonyl (C=O) groups is 1. The minimum absolute atomic E-state index is 0. The average molecular weight is 523 g/mol. The van der Waals surface area contributed by atoms with Crippen LogP contribution in [0.2, 0.25) is 0 Å². The first kappa shape index (κ1) is 24.8. The third-order valence-corrected chi connectivity index (χ3v) is 4.19. The lowest BCUT2D eigenvalue weighted by molar-refractivity contribution is -0.137. The van der Waals surface area contributed by atoms with Crippen molar-refractivity contribution in [1.29, 1.82) is 0 Å². The third-order valence-electron chi connectivity index (χ3n) is 4.19. The molecule has 0 aliphatic heterocycles. The van der Waals surface area contributed by atoms with Gasteiger partial charge in [-0.25, -0.2) is 0 Å². The van der Waals surface area contributed by atoms with Crippen LogP contribution >= 0.6 is 24.0 Å². The van der Waals surface area contributed by atoms with Gasteiger partial charge in [0.1, 0.15) is 0 Å². The molecule has 0 radical (unpaired) electrons. The highest BCUT2D eigenvalue weighted by Crippen LogP contribution is 2.29. The number of carbonyl (C=O) groups excluding carboxylic acids is 1. The Labute approximate surface area is 185 Å². The number of alkyl halides is 3. The molecule has 2 rings (SSSR count). The summed E-state index contributed by atoms with van der Waals surface area (Å²) in [6.45, 7) is 1.40. The molecular weight excluding hydrogens is 498 g/mol. The van der Waals surface area contributed by atoms with Gasteiger partial charge in [-0.2, -0.15) is 13.2 Å². The van der Waals surface area contributed by atoms with Gasteiger partial charge in [-0.1, -0.05) is 0 Å². The maximum atomic E-state index is 12.6. The Hall–Kier alpha value is -2.24. The molecule has 2 N–H and O–H groups in total. The number of nitrogens with zero attached hydrogens (tertiary/aromatic N) is 3. The second-order valence-electron chi connectivity index (χ2n) is 6.27. The summed E-state index contributed by atoms with van der Waals surface area (Å²) in [7, 11) is 5.55. The average Bonchev–Trinajstić information content (AvgIpc) is 3.05. The van der Waals surface area contributed by atoms with Gasteiger partial charge in [0.2, 0.25) is 0 Å². The Kier molecular flexibility index (Phi) is 9.47. The van der Waals surface area contributed by atoms with Crippen molar-refractivity contribution in [3.8, 4) is 0 Å². The van der Waals surface area contributed by atoms with Crippen molar-refractivity contribution in [2.45, 2.75) is 12.7 Å². The van der Waals surface area contributed by atoms with E-state index < -0.39 is 17.6 Å².